The van der Waals surface area contributed by atoms with Crippen LogP contribution < -0.4 is 0 Å². The van der Waals surface area contributed by atoms with Crippen LogP contribution in [0.3, 0.4) is 0 Å². The molecule has 56 valence electrons. The number of carbonyl (C=O) groups excluding carboxylic acids is 1. The molecule has 0 radical (unpaired) electrons. The van der Waals surface area contributed by atoms with Crippen LogP contribution in [0.15, 0.2) is 23.3 Å². The van der Waals surface area contributed by atoms with E-state index in [0.717, 1.165) is 5.57 Å². The molecule has 0 bridgehead atoms. The third-order valence-electron chi connectivity index (χ3n) is 0.947. The maximum absolute atomic E-state index is 10.5. The molecule has 1 nitrogen and oxygen atoms in total. The Morgan fingerprint density at radius 2 is 1.50 bits per heavy atom. The van der Waals surface area contributed by atoms with Gasteiger partial charge in [-0.05, 0) is 39.3 Å². The van der Waals surface area contributed by atoms with E-state index >= 15 is 0 Å². The Morgan fingerprint density at radius 1 is 1.00 bits per heavy atom. The highest BCUT2D eigenvalue weighted by molar-refractivity contribution is 5.88. The molecule has 10 heavy (non-hydrogen) atoms. The molecule has 0 amide bonds. The Morgan fingerprint density at radius 3 is 1.80 bits per heavy atom. The third kappa shape index (κ3) is 5.29. The van der Waals surface area contributed by atoms with Crippen LogP contribution in [0, 0.1) is 0 Å². The van der Waals surface area contributed by atoms with Gasteiger partial charge in [-0.15, -0.1) is 0 Å². The molecule has 0 aliphatic rings. The molecule has 0 aromatic heterocycles. The van der Waals surface area contributed by atoms with Gasteiger partial charge in [-0.2, -0.15) is 0 Å². The van der Waals surface area contributed by atoms with Gasteiger partial charge in [0.05, 0.1) is 0 Å². The smallest absolute Gasteiger partial charge is 0.152 e. The summed E-state index contributed by atoms with van der Waals surface area (Å²) >= 11 is 0. The van der Waals surface area contributed by atoms with Crippen molar-refractivity contribution in [3.05, 3.63) is 23.3 Å². The largest absolute Gasteiger partial charge is 0.295 e. The van der Waals surface area contributed by atoms with Crippen molar-refractivity contribution >= 4 is 5.78 Å². The number of rotatable bonds is 2. The van der Waals surface area contributed by atoms with Crippen molar-refractivity contribution in [3.63, 3.8) is 0 Å². The second kappa shape index (κ2) is 4.04. The first kappa shape index (κ1) is 9.15. The lowest BCUT2D eigenvalue weighted by Crippen LogP contribution is -1.82. The summed E-state index contributed by atoms with van der Waals surface area (Å²) in [6.07, 6.45) is 3.62. The first-order valence-corrected chi connectivity index (χ1v) is 3.36. The second-order valence-corrected chi connectivity index (χ2v) is 2.72. The molecule has 0 aliphatic carbocycles. The van der Waals surface area contributed by atoms with Gasteiger partial charge in [0, 0.05) is 0 Å². The summed E-state index contributed by atoms with van der Waals surface area (Å²) in [5.74, 6) is 0.106. The number of carbonyl (C=O) groups is 1. The minimum atomic E-state index is 0.106. The molecule has 0 fully saturated rings. The van der Waals surface area contributed by atoms with E-state index in [9.17, 15) is 4.79 Å². The summed E-state index contributed by atoms with van der Waals surface area (Å²) in [5, 5.41) is 0. The molecule has 0 saturated heterocycles. The van der Waals surface area contributed by atoms with E-state index in [0.29, 0.717) is 0 Å². The quantitative estimate of drug-likeness (QED) is 0.423. The molecule has 0 N–H and O–H groups in total. The van der Waals surface area contributed by atoms with E-state index in [1.165, 1.54) is 5.57 Å². The molecule has 0 heterocycles. The average molecular weight is 138 g/mol. The lowest BCUT2D eigenvalue weighted by atomic mass is 10.2. The van der Waals surface area contributed by atoms with Crippen LogP contribution >= 0.6 is 0 Å². The Hall–Kier alpha value is -0.850. The van der Waals surface area contributed by atoms with Gasteiger partial charge in [0.15, 0.2) is 5.78 Å². The SMILES string of the molecule is CC(=O)C=C(C)C=C(C)C. The van der Waals surface area contributed by atoms with Gasteiger partial charge in [-0.1, -0.05) is 11.6 Å². The van der Waals surface area contributed by atoms with Crippen molar-refractivity contribution in [2.75, 3.05) is 0 Å². The van der Waals surface area contributed by atoms with Crippen LogP contribution in [-0.4, -0.2) is 5.78 Å². The van der Waals surface area contributed by atoms with E-state index in [1.54, 1.807) is 13.0 Å². The number of allylic oxidation sites excluding steroid dienone is 4. The number of ketones is 1. The molecule has 0 aliphatic heterocycles. The van der Waals surface area contributed by atoms with Crippen molar-refractivity contribution in [1.82, 2.24) is 0 Å². The normalized spacial score (nSPS) is 11.0. The van der Waals surface area contributed by atoms with Crippen LogP contribution in [0.5, 0.6) is 0 Å². The van der Waals surface area contributed by atoms with E-state index < -0.39 is 0 Å². The van der Waals surface area contributed by atoms with Crippen LogP contribution in [0.25, 0.3) is 0 Å². The van der Waals surface area contributed by atoms with Gasteiger partial charge in [0.2, 0.25) is 0 Å². The maximum atomic E-state index is 10.5. The highest BCUT2D eigenvalue weighted by Crippen LogP contribution is 1.99. The average Bonchev–Trinajstić information content (AvgIpc) is 1.58. The summed E-state index contributed by atoms with van der Waals surface area (Å²) in [5.41, 5.74) is 2.24. The van der Waals surface area contributed by atoms with Crippen molar-refractivity contribution < 1.29 is 4.79 Å². The van der Waals surface area contributed by atoms with Gasteiger partial charge >= 0.3 is 0 Å². The lowest BCUT2D eigenvalue weighted by Gasteiger charge is -1.90. The molecule has 0 saturated carbocycles. The Kier molecular flexibility index (Phi) is 3.70. The first-order valence-electron chi connectivity index (χ1n) is 3.36. The fourth-order valence-corrected chi connectivity index (χ4v) is 0.818. The zero-order valence-corrected chi connectivity index (χ0v) is 7.06. The van der Waals surface area contributed by atoms with E-state index in [-0.39, 0.29) is 5.78 Å². The van der Waals surface area contributed by atoms with Gasteiger partial charge in [0.1, 0.15) is 0 Å². The molecule has 0 aromatic carbocycles. The number of hydrogen-bond donors (Lipinski definition) is 0. The van der Waals surface area contributed by atoms with Crippen LogP contribution in [0.1, 0.15) is 27.7 Å². The highest BCUT2D eigenvalue weighted by atomic mass is 16.1. The predicted molar refractivity (Wildman–Crippen MR) is 43.9 cm³/mol. The first-order chi connectivity index (χ1) is 4.52. The maximum Gasteiger partial charge on any atom is 0.152 e. The summed E-state index contributed by atoms with van der Waals surface area (Å²) in [4.78, 5) is 10.5. The summed E-state index contributed by atoms with van der Waals surface area (Å²) in [6, 6.07) is 0. The van der Waals surface area contributed by atoms with Crippen molar-refractivity contribution in [2.24, 2.45) is 0 Å². The lowest BCUT2D eigenvalue weighted by molar-refractivity contribution is -0.112. The molecule has 0 rings (SSSR count). The monoisotopic (exact) mass is 138 g/mol. The standard InChI is InChI=1S/C9H14O/c1-7(2)5-8(3)6-9(4)10/h5-6H,1-4H3. The zero-order chi connectivity index (χ0) is 8.15. The third-order valence-corrected chi connectivity index (χ3v) is 0.947. The Labute approximate surface area is 62.4 Å². The fraction of sp³-hybridized carbons (Fsp3) is 0.444. The fourth-order valence-electron chi connectivity index (χ4n) is 0.818. The zero-order valence-electron chi connectivity index (χ0n) is 7.06. The van der Waals surface area contributed by atoms with Crippen molar-refractivity contribution in [2.45, 2.75) is 27.7 Å². The Bertz CT molecular complexity index is 181. The Balaban J connectivity index is 4.22. The molecule has 0 spiro atoms. The summed E-state index contributed by atoms with van der Waals surface area (Å²) in [7, 11) is 0. The van der Waals surface area contributed by atoms with Gasteiger partial charge in [-0.3, -0.25) is 4.79 Å². The molecule has 0 atom stereocenters. The molecular weight excluding hydrogens is 124 g/mol. The topological polar surface area (TPSA) is 17.1 Å². The van der Waals surface area contributed by atoms with Crippen LogP contribution in [0.2, 0.25) is 0 Å². The van der Waals surface area contributed by atoms with Gasteiger partial charge < -0.3 is 0 Å². The number of hydrogen-bond acceptors (Lipinski definition) is 1. The molecule has 0 aromatic rings. The summed E-state index contributed by atoms with van der Waals surface area (Å²) < 4.78 is 0. The van der Waals surface area contributed by atoms with Crippen LogP contribution in [0.4, 0.5) is 0 Å². The predicted octanol–water partition coefficient (Wildman–Crippen LogP) is 2.49. The van der Waals surface area contributed by atoms with Gasteiger partial charge in [-0.25, -0.2) is 0 Å². The van der Waals surface area contributed by atoms with Crippen molar-refractivity contribution in [1.29, 1.82) is 0 Å². The van der Waals surface area contributed by atoms with E-state index in [4.69, 9.17) is 0 Å². The van der Waals surface area contributed by atoms with Crippen molar-refractivity contribution in [3.8, 4) is 0 Å². The summed E-state index contributed by atoms with van der Waals surface area (Å²) in [6.45, 7) is 7.51. The molecular formula is C9H14O. The molecule has 0 unspecified atom stereocenters. The molecule has 1 heteroatoms. The van der Waals surface area contributed by atoms with Gasteiger partial charge in [0.25, 0.3) is 0 Å². The van der Waals surface area contributed by atoms with Crippen LogP contribution in [-0.2, 0) is 4.79 Å². The van der Waals surface area contributed by atoms with E-state index in [1.807, 2.05) is 26.8 Å². The highest BCUT2D eigenvalue weighted by Gasteiger charge is 1.86. The minimum absolute atomic E-state index is 0.106. The minimum Gasteiger partial charge on any atom is -0.295 e. The second-order valence-electron chi connectivity index (χ2n) is 2.72. The van der Waals surface area contributed by atoms with E-state index in [2.05, 4.69) is 0 Å².